The van der Waals surface area contributed by atoms with Crippen molar-refractivity contribution in [2.24, 2.45) is 11.8 Å². The van der Waals surface area contributed by atoms with Crippen LogP contribution in [0.25, 0.3) is 0 Å². The van der Waals surface area contributed by atoms with E-state index in [4.69, 9.17) is 0 Å². The number of nitrogens with zero attached hydrogens (tertiary/aromatic N) is 2. The highest BCUT2D eigenvalue weighted by atomic mass is 16.2. The summed E-state index contributed by atoms with van der Waals surface area (Å²) in [5.41, 5.74) is 0. The number of hydrogen-bond acceptors (Lipinski definition) is 3. The van der Waals surface area contributed by atoms with Gasteiger partial charge in [0.1, 0.15) is 0 Å². The van der Waals surface area contributed by atoms with Gasteiger partial charge in [0.05, 0.1) is 0 Å². The third-order valence-corrected chi connectivity index (χ3v) is 5.65. The summed E-state index contributed by atoms with van der Waals surface area (Å²) in [4.78, 5) is 16.8. The molecular formula is C19H38N4O. The molecular weight excluding hydrogens is 300 g/mol. The van der Waals surface area contributed by atoms with Crippen molar-refractivity contribution in [3.05, 3.63) is 0 Å². The predicted octanol–water partition coefficient (Wildman–Crippen LogP) is 2.53. The van der Waals surface area contributed by atoms with Gasteiger partial charge in [-0.3, -0.25) is 0 Å². The molecule has 140 valence electrons. The summed E-state index contributed by atoms with van der Waals surface area (Å²) in [6, 6.07) is -0.00725. The van der Waals surface area contributed by atoms with Gasteiger partial charge in [0.2, 0.25) is 0 Å². The Hall–Kier alpha value is -0.810. The normalized spacial score (nSPS) is 21.8. The van der Waals surface area contributed by atoms with Crippen LogP contribution in [0.4, 0.5) is 4.79 Å². The Balaban J connectivity index is 1.40. The molecule has 0 aromatic heterocycles. The molecule has 0 radical (unpaired) electrons. The summed E-state index contributed by atoms with van der Waals surface area (Å²) in [5.74, 6) is 1.77. The third kappa shape index (κ3) is 7.84. The SMILES string of the molecule is CC1CCN(CCCCNC(=O)NCCN2CCC(C)CC2)CC1. The number of nitrogens with one attached hydrogen (secondary N) is 2. The minimum absolute atomic E-state index is 0.00725. The van der Waals surface area contributed by atoms with Gasteiger partial charge < -0.3 is 20.4 Å². The van der Waals surface area contributed by atoms with E-state index in [1.165, 1.54) is 64.8 Å². The summed E-state index contributed by atoms with van der Waals surface area (Å²) in [7, 11) is 0. The van der Waals surface area contributed by atoms with Crippen LogP contribution in [0.5, 0.6) is 0 Å². The van der Waals surface area contributed by atoms with Crippen LogP contribution in [0, 0.1) is 11.8 Å². The molecule has 0 bridgehead atoms. The van der Waals surface area contributed by atoms with Gasteiger partial charge in [-0.2, -0.15) is 0 Å². The Morgan fingerprint density at radius 2 is 1.29 bits per heavy atom. The fourth-order valence-corrected chi connectivity index (χ4v) is 3.62. The Bertz CT molecular complexity index is 347. The summed E-state index contributed by atoms with van der Waals surface area (Å²) < 4.78 is 0. The monoisotopic (exact) mass is 338 g/mol. The summed E-state index contributed by atoms with van der Waals surface area (Å²) in [5, 5.41) is 5.97. The van der Waals surface area contributed by atoms with Crippen LogP contribution < -0.4 is 10.6 Å². The zero-order chi connectivity index (χ0) is 17.2. The lowest BCUT2D eigenvalue weighted by atomic mass is 9.99. The topological polar surface area (TPSA) is 47.6 Å². The molecule has 2 N–H and O–H groups in total. The molecule has 2 aliphatic heterocycles. The lowest BCUT2D eigenvalue weighted by molar-refractivity contribution is 0.188. The molecule has 24 heavy (non-hydrogen) atoms. The Morgan fingerprint density at radius 3 is 1.88 bits per heavy atom. The smallest absolute Gasteiger partial charge is 0.314 e. The predicted molar refractivity (Wildman–Crippen MR) is 100 cm³/mol. The van der Waals surface area contributed by atoms with Crippen LogP contribution in [-0.2, 0) is 0 Å². The van der Waals surface area contributed by atoms with Gasteiger partial charge in [-0.25, -0.2) is 4.79 Å². The maximum atomic E-state index is 11.8. The van der Waals surface area contributed by atoms with Gasteiger partial charge in [0, 0.05) is 19.6 Å². The Morgan fingerprint density at radius 1 is 0.792 bits per heavy atom. The van der Waals surface area contributed by atoms with Gasteiger partial charge in [0.15, 0.2) is 0 Å². The number of unbranched alkanes of at least 4 members (excludes halogenated alkanes) is 1. The van der Waals surface area contributed by atoms with Crippen molar-refractivity contribution in [2.75, 3.05) is 52.4 Å². The van der Waals surface area contributed by atoms with Gasteiger partial charge >= 0.3 is 6.03 Å². The van der Waals surface area contributed by atoms with E-state index in [1.54, 1.807) is 0 Å². The number of likely N-dealkylation sites (tertiary alicyclic amines) is 2. The maximum Gasteiger partial charge on any atom is 0.314 e. The van der Waals surface area contributed by atoms with Crippen LogP contribution >= 0.6 is 0 Å². The number of carbonyl (C=O) groups excluding carboxylic acids is 1. The van der Waals surface area contributed by atoms with Gasteiger partial charge in [-0.1, -0.05) is 13.8 Å². The second kappa shape index (κ2) is 10.9. The molecule has 5 heteroatoms. The van der Waals surface area contributed by atoms with E-state index >= 15 is 0 Å². The fourth-order valence-electron chi connectivity index (χ4n) is 3.62. The van der Waals surface area contributed by atoms with Crippen LogP contribution in [0.3, 0.4) is 0 Å². The highest BCUT2D eigenvalue weighted by Crippen LogP contribution is 2.16. The number of urea groups is 1. The lowest BCUT2D eigenvalue weighted by Gasteiger charge is -2.30. The average molecular weight is 339 g/mol. The summed E-state index contributed by atoms with van der Waals surface area (Å²) in [6.45, 7) is 13.3. The molecule has 0 aliphatic carbocycles. The zero-order valence-corrected chi connectivity index (χ0v) is 15.9. The number of hydrogen-bond donors (Lipinski definition) is 2. The van der Waals surface area contributed by atoms with Crippen LogP contribution in [0.15, 0.2) is 0 Å². The number of piperidine rings is 2. The Labute approximate surface area is 148 Å². The molecule has 0 atom stereocenters. The van der Waals surface area contributed by atoms with Crippen LogP contribution in [0.1, 0.15) is 52.4 Å². The molecule has 2 fully saturated rings. The largest absolute Gasteiger partial charge is 0.338 e. The van der Waals surface area contributed by atoms with E-state index in [-0.39, 0.29) is 6.03 Å². The molecule has 2 saturated heterocycles. The van der Waals surface area contributed by atoms with Crippen molar-refractivity contribution in [1.82, 2.24) is 20.4 Å². The number of carbonyl (C=O) groups is 1. The quantitative estimate of drug-likeness (QED) is 0.669. The molecule has 2 aliphatic rings. The molecule has 2 heterocycles. The van der Waals surface area contributed by atoms with Crippen molar-refractivity contribution in [3.8, 4) is 0 Å². The minimum Gasteiger partial charge on any atom is -0.338 e. The third-order valence-electron chi connectivity index (χ3n) is 5.65. The Kier molecular flexibility index (Phi) is 8.89. The average Bonchev–Trinajstić information content (AvgIpc) is 2.58. The summed E-state index contributed by atoms with van der Waals surface area (Å²) in [6.07, 6.45) is 7.53. The van der Waals surface area contributed by atoms with Crippen LogP contribution in [0.2, 0.25) is 0 Å². The first kappa shape index (κ1) is 19.5. The molecule has 2 rings (SSSR count). The van der Waals surface area contributed by atoms with E-state index in [0.717, 1.165) is 37.9 Å². The fraction of sp³-hybridized carbons (Fsp3) is 0.947. The van der Waals surface area contributed by atoms with Crippen molar-refractivity contribution in [2.45, 2.75) is 52.4 Å². The van der Waals surface area contributed by atoms with E-state index in [1.807, 2.05) is 0 Å². The van der Waals surface area contributed by atoms with Crippen LogP contribution in [-0.4, -0.2) is 68.2 Å². The molecule has 0 saturated carbocycles. The van der Waals surface area contributed by atoms with Gasteiger partial charge in [-0.05, 0) is 83.1 Å². The molecule has 0 spiro atoms. The van der Waals surface area contributed by atoms with Crippen molar-refractivity contribution >= 4 is 6.03 Å². The minimum atomic E-state index is -0.00725. The first-order chi connectivity index (χ1) is 11.6. The zero-order valence-electron chi connectivity index (χ0n) is 15.9. The van der Waals surface area contributed by atoms with Gasteiger partial charge in [-0.15, -0.1) is 0 Å². The first-order valence-electron chi connectivity index (χ1n) is 10.1. The first-order valence-corrected chi connectivity index (χ1v) is 10.1. The van der Waals surface area contributed by atoms with Gasteiger partial charge in [0.25, 0.3) is 0 Å². The lowest BCUT2D eigenvalue weighted by Crippen LogP contribution is -2.42. The number of rotatable bonds is 8. The van der Waals surface area contributed by atoms with E-state index in [0.29, 0.717) is 0 Å². The van der Waals surface area contributed by atoms with Crippen molar-refractivity contribution in [1.29, 1.82) is 0 Å². The highest BCUT2D eigenvalue weighted by molar-refractivity contribution is 5.73. The summed E-state index contributed by atoms with van der Waals surface area (Å²) >= 11 is 0. The standard InChI is InChI=1S/C19H38N4O/c1-17-5-12-22(13-6-17)11-4-3-9-20-19(24)21-10-16-23-14-7-18(2)8-15-23/h17-18H,3-16H2,1-2H3,(H2,20,21,24). The molecule has 0 aromatic rings. The highest BCUT2D eigenvalue weighted by Gasteiger charge is 2.16. The van der Waals surface area contributed by atoms with Crippen molar-refractivity contribution in [3.63, 3.8) is 0 Å². The van der Waals surface area contributed by atoms with E-state index in [2.05, 4.69) is 34.3 Å². The molecule has 2 amide bonds. The molecule has 5 nitrogen and oxygen atoms in total. The molecule has 0 unspecified atom stereocenters. The second-order valence-corrected chi connectivity index (χ2v) is 7.94. The number of amides is 2. The second-order valence-electron chi connectivity index (χ2n) is 7.94. The van der Waals surface area contributed by atoms with Crippen molar-refractivity contribution < 1.29 is 4.79 Å². The maximum absolute atomic E-state index is 11.8. The van der Waals surface area contributed by atoms with E-state index in [9.17, 15) is 4.79 Å². The molecule has 0 aromatic carbocycles. The van der Waals surface area contributed by atoms with E-state index < -0.39 is 0 Å².